The molecule has 0 bridgehead atoms. The van der Waals surface area contributed by atoms with Crippen LogP contribution in [-0.4, -0.2) is 9.97 Å². The van der Waals surface area contributed by atoms with Crippen LogP contribution in [-0.2, 0) is 5.41 Å². The van der Waals surface area contributed by atoms with Gasteiger partial charge in [0.2, 0.25) is 0 Å². The highest BCUT2D eigenvalue weighted by Crippen LogP contribution is 2.51. The van der Waals surface area contributed by atoms with Gasteiger partial charge in [0.25, 0.3) is 0 Å². The Morgan fingerprint density at radius 3 is 1.84 bits per heavy atom. The third kappa shape index (κ3) is 3.89. The van der Waals surface area contributed by atoms with Gasteiger partial charge in [-0.2, -0.15) is 0 Å². The molecule has 45 heavy (non-hydrogen) atoms. The lowest BCUT2D eigenvalue weighted by molar-refractivity contribution is 0.666. The van der Waals surface area contributed by atoms with Gasteiger partial charge in [-0.25, -0.2) is 9.97 Å². The number of rotatable bonds is 3. The van der Waals surface area contributed by atoms with Crippen LogP contribution in [0.15, 0.2) is 146 Å². The molecule has 1 aromatic heterocycles. The average Bonchev–Trinajstić information content (AvgIpc) is 3.33. The second-order valence-corrected chi connectivity index (χ2v) is 12.6. The summed E-state index contributed by atoms with van der Waals surface area (Å²) >= 11 is 0. The second-order valence-electron chi connectivity index (χ2n) is 12.6. The van der Waals surface area contributed by atoms with Gasteiger partial charge in [-0.3, -0.25) is 0 Å². The highest BCUT2D eigenvalue weighted by Gasteiger charge is 2.36. The molecule has 0 fully saturated rings. The van der Waals surface area contributed by atoms with Gasteiger partial charge < -0.3 is 0 Å². The van der Waals surface area contributed by atoms with Gasteiger partial charge >= 0.3 is 0 Å². The molecule has 8 aromatic rings. The first-order valence-electron chi connectivity index (χ1n) is 15.6. The van der Waals surface area contributed by atoms with Crippen molar-refractivity contribution in [3.8, 4) is 44.8 Å². The van der Waals surface area contributed by atoms with Crippen molar-refractivity contribution in [1.29, 1.82) is 0 Å². The zero-order chi connectivity index (χ0) is 30.1. The number of hydrogen-bond acceptors (Lipinski definition) is 2. The SMILES string of the molecule is CC1(C)c2ccccc2-c2ccc3cc(-c4ccc(-c5nc6ccccc6nc5-c5ccccc5)c5ccccc45)ccc3c21. The summed E-state index contributed by atoms with van der Waals surface area (Å²) in [5, 5.41) is 4.98. The third-order valence-electron chi connectivity index (χ3n) is 9.64. The molecule has 7 aromatic carbocycles. The van der Waals surface area contributed by atoms with Gasteiger partial charge in [-0.15, -0.1) is 0 Å². The van der Waals surface area contributed by atoms with Crippen LogP contribution in [0.5, 0.6) is 0 Å². The lowest BCUT2D eigenvalue weighted by Gasteiger charge is -2.23. The fourth-order valence-corrected chi connectivity index (χ4v) is 7.54. The van der Waals surface area contributed by atoms with E-state index in [1.54, 1.807) is 0 Å². The third-order valence-corrected chi connectivity index (χ3v) is 9.64. The summed E-state index contributed by atoms with van der Waals surface area (Å²) < 4.78 is 0. The lowest BCUT2D eigenvalue weighted by atomic mass is 9.80. The van der Waals surface area contributed by atoms with Crippen molar-refractivity contribution in [2.24, 2.45) is 0 Å². The number of hydrogen-bond donors (Lipinski definition) is 0. The van der Waals surface area contributed by atoms with E-state index >= 15 is 0 Å². The molecule has 0 aliphatic heterocycles. The van der Waals surface area contributed by atoms with E-state index in [1.165, 1.54) is 54.9 Å². The first-order chi connectivity index (χ1) is 22.1. The van der Waals surface area contributed by atoms with E-state index in [1.807, 2.05) is 30.3 Å². The maximum absolute atomic E-state index is 5.22. The van der Waals surface area contributed by atoms with E-state index in [0.29, 0.717) is 0 Å². The number of nitrogens with zero attached hydrogens (tertiary/aromatic N) is 2. The monoisotopic (exact) mass is 574 g/mol. The maximum atomic E-state index is 5.22. The number of benzene rings is 7. The van der Waals surface area contributed by atoms with Crippen LogP contribution >= 0.6 is 0 Å². The molecule has 0 saturated heterocycles. The summed E-state index contributed by atoms with van der Waals surface area (Å²) in [6.45, 7) is 4.72. The summed E-state index contributed by atoms with van der Waals surface area (Å²) in [7, 11) is 0. The predicted octanol–water partition coefficient (Wildman–Crippen LogP) is 11.2. The Morgan fingerprint density at radius 2 is 1.04 bits per heavy atom. The first kappa shape index (κ1) is 25.9. The van der Waals surface area contributed by atoms with Gasteiger partial charge in [-0.05, 0) is 73.1 Å². The topological polar surface area (TPSA) is 25.8 Å². The smallest absolute Gasteiger partial charge is 0.0979 e. The van der Waals surface area contributed by atoms with Crippen LogP contribution in [0.3, 0.4) is 0 Å². The fourth-order valence-electron chi connectivity index (χ4n) is 7.54. The molecule has 2 heteroatoms. The van der Waals surface area contributed by atoms with E-state index < -0.39 is 0 Å². The minimum Gasteiger partial charge on any atom is -0.244 e. The Morgan fingerprint density at radius 1 is 0.422 bits per heavy atom. The second kappa shape index (κ2) is 9.70. The van der Waals surface area contributed by atoms with E-state index in [9.17, 15) is 0 Å². The Kier molecular flexibility index (Phi) is 5.58. The summed E-state index contributed by atoms with van der Waals surface area (Å²) in [5.41, 5.74) is 13.7. The molecule has 1 aliphatic carbocycles. The molecule has 1 heterocycles. The molecule has 1 aliphatic rings. The molecular weight excluding hydrogens is 544 g/mol. The van der Waals surface area contributed by atoms with E-state index in [-0.39, 0.29) is 5.41 Å². The molecule has 0 saturated carbocycles. The van der Waals surface area contributed by atoms with Crippen molar-refractivity contribution in [3.05, 3.63) is 157 Å². The minimum absolute atomic E-state index is 0.0430. The largest absolute Gasteiger partial charge is 0.244 e. The molecule has 0 spiro atoms. The van der Waals surface area contributed by atoms with Gasteiger partial charge in [-0.1, -0.05) is 141 Å². The average molecular weight is 575 g/mol. The van der Waals surface area contributed by atoms with Crippen LogP contribution in [0, 0.1) is 0 Å². The van der Waals surface area contributed by atoms with E-state index in [2.05, 4.69) is 129 Å². The molecule has 0 amide bonds. The maximum Gasteiger partial charge on any atom is 0.0979 e. The zero-order valence-electron chi connectivity index (χ0n) is 25.3. The normalized spacial score (nSPS) is 13.3. The number of fused-ring (bicyclic) bond motifs is 7. The number of para-hydroxylation sites is 2. The van der Waals surface area contributed by atoms with Crippen molar-refractivity contribution in [2.45, 2.75) is 19.3 Å². The van der Waals surface area contributed by atoms with E-state index in [0.717, 1.165) is 33.5 Å². The Hall–Kier alpha value is -5.60. The lowest BCUT2D eigenvalue weighted by Crippen LogP contribution is -2.15. The highest BCUT2D eigenvalue weighted by molar-refractivity contribution is 6.08. The summed E-state index contributed by atoms with van der Waals surface area (Å²) in [6.07, 6.45) is 0. The molecule has 0 unspecified atom stereocenters. The van der Waals surface area contributed by atoms with Crippen molar-refractivity contribution < 1.29 is 0 Å². The molecular formula is C43H30N2. The minimum atomic E-state index is -0.0430. The summed E-state index contributed by atoms with van der Waals surface area (Å²) in [4.78, 5) is 10.4. The molecule has 0 atom stereocenters. The van der Waals surface area contributed by atoms with Crippen molar-refractivity contribution in [2.75, 3.05) is 0 Å². The quantitative estimate of drug-likeness (QED) is 0.210. The van der Waals surface area contributed by atoms with Gasteiger partial charge in [0.05, 0.1) is 22.4 Å². The van der Waals surface area contributed by atoms with Crippen LogP contribution in [0.25, 0.3) is 77.3 Å². The Balaban J connectivity index is 1.23. The van der Waals surface area contributed by atoms with E-state index in [4.69, 9.17) is 9.97 Å². The Labute approximate surface area is 262 Å². The summed E-state index contributed by atoms with van der Waals surface area (Å²) in [6, 6.07) is 52.2. The number of aromatic nitrogens is 2. The molecule has 0 radical (unpaired) electrons. The Bertz CT molecular complexity index is 2450. The molecule has 9 rings (SSSR count). The highest BCUT2D eigenvalue weighted by atomic mass is 14.8. The van der Waals surface area contributed by atoms with Crippen molar-refractivity contribution in [3.63, 3.8) is 0 Å². The van der Waals surface area contributed by atoms with Crippen molar-refractivity contribution in [1.82, 2.24) is 9.97 Å². The summed E-state index contributed by atoms with van der Waals surface area (Å²) in [5.74, 6) is 0. The fraction of sp³-hybridized carbons (Fsp3) is 0.0698. The van der Waals surface area contributed by atoms with Crippen LogP contribution in [0.4, 0.5) is 0 Å². The van der Waals surface area contributed by atoms with Gasteiger partial charge in [0.1, 0.15) is 0 Å². The standard InChI is InChI=1S/C43H30N2/c1-43(2)37-17-9-8-16-34(37)35-23-21-29-26-28(20-22-31(29)40(35)43)30-24-25-36(33-15-7-6-14-32(30)33)42-41(27-12-4-3-5-13-27)44-38-18-10-11-19-39(38)45-42/h3-26H,1-2H3. The van der Waals surface area contributed by atoms with Crippen LogP contribution in [0.2, 0.25) is 0 Å². The molecule has 2 nitrogen and oxygen atoms in total. The zero-order valence-corrected chi connectivity index (χ0v) is 25.3. The van der Waals surface area contributed by atoms with Crippen LogP contribution in [0.1, 0.15) is 25.0 Å². The molecule has 0 N–H and O–H groups in total. The van der Waals surface area contributed by atoms with Gasteiger partial charge in [0.15, 0.2) is 0 Å². The van der Waals surface area contributed by atoms with Crippen molar-refractivity contribution >= 4 is 32.6 Å². The predicted molar refractivity (Wildman–Crippen MR) is 188 cm³/mol. The van der Waals surface area contributed by atoms with Gasteiger partial charge in [0, 0.05) is 16.5 Å². The van der Waals surface area contributed by atoms with Crippen LogP contribution < -0.4 is 0 Å². The molecule has 212 valence electrons. The first-order valence-corrected chi connectivity index (χ1v) is 15.6.